The summed E-state index contributed by atoms with van der Waals surface area (Å²) in [7, 11) is 0. The van der Waals surface area contributed by atoms with Gasteiger partial charge in [-0.05, 0) is 17.9 Å². The van der Waals surface area contributed by atoms with Crippen molar-refractivity contribution >= 4 is 23.0 Å². The van der Waals surface area contributed by atoms with Gasteiger partial charge in [0.15, 0.2) is 0 Å². The second kappa shape index (κ2) is 5.25. The highest BCUT2D eigenvalue weighted by atomic mass is 32.1. The number of hydrogen-bond acceptors (Lipinski definition) is 3. The third kappa shape index (κ3) is 2.92. The Hall–Kier alpha value is -1.16. The van der Waals surface area contributed by atoms with Crippen LogP contribution in [0.2, 0.25) is 0 Å². The van der Waals surface area contributed by atoms with E-state index in [2.05, 4.69) is 6.07 Å². The van der Waals surface area contributed by atoms with Gasteiger partial charge < -0.3 is 4.90 Å². The number of aryl methyl sites for hydroxylation is 1. The maximum atomic E-state index is 11.8. The summed E-state index contributed by atoms with van der Waals surface area (Å²) in [5.74, 6) is 0.461. The molecule has 1 aliphatic rings. The fraction of sp³-hybridized carbons (Fsp3) is 0.500. The predicted molar refractivity (Wildman–Crippen MR) is 63.5 cm³/mol. The lowest BCUT2D eigenvalue weighted by molar-refractivity contribution is -0.134. The molecule has 0 spiro atoms. The van der Waals surface area contributed by atoms with Crippen LogP contribution in [0.15, 0.2) is 17.5 Å². The minimum Gasteiger partial charge on any atom is -0.342 e. The van der Waals surface area contributed by atoms with Crippen molar-refractivity contribution in [1.82, 2.24) is 4.90 Å². The fourth-order valence-electron chi connectivity index (χ4n) is 1.85. The van der Waals surface area contributed by atoms with Crippen molar-refractivity contribution in [2.45, 2.75) is 25.7 Å². The van der Waals surface area contributed by atoms with Crippen LogP contribution in [0.5, 0.6) is 0 Å². The molecule has 86 valence electrons. The second-order valence-electron chi connectivity index (χ2n) is 4.00. The van der Waals surface area contributed by atoms with Gasteiger partial charge in [-0.25, -0.2) is 0 Å². The van der Waals surface area contributed by atoms with Crippen LogP contribution in [0.3, 0.4) is 0 Å². The molecular weight excluding hydrogens is 222 g/mol. The van der Waals surface area contributed by atoms with E-state index in [-0.39, 0.29) is 11.7 Å². The van der Waals surface area contributed by atoms with Gasteiger partial charge in [0.25, 0.3) is 0 Å². The summed E-state index contributed by atoms with van der Waals surface area (Å²) in [6.07, 6.45) is 2.45. The summed E-state index contributed by atoms with van der Waals surface area (Å²) in [5.41, 5.74) is 0. The average molecular weight is 237 g/mol. The molecule has 2 rings (SSSR count). The van der Waals surface area contributed by atoms with Gasteiger partial charge in [-0.15, -0.1) is 11.3 Å². The van der Waals surface area contributed by atoms with Crippen molar-refractivity contribution in [3.8, 4) is 0 Å². The number of Topliss-reactive ketones (excluding diaryl/α,β-unsaturated/α-hetero) is 1. The molecule has 2 heterocycles. The normalized spacial score (nSPS) is 16.5. The molecule has 0 unspecified atom stereocenters. The molecule has 16 heavy (non-hydrogen) atoms. The zero-order valence-corrected chi connectivity index (χ0v) is 9.96. The van der Waals surface area contributed by atoms with Gasteiger partial charge in [0.05, 0.1) is 0 Å². The number of nitrogens with zero attached hydrogens (tertiary/aromatic N) is 1. The van der Waals surface area contributed by atoms with E-state index in [4.69, 9.17) is 0 Å². The molecule has 0 bridgehead atoms. The molecule has 4 heteroatoms. The highest BCUT2D eigenvalue weighted by Crippen LogP contribution is 2.13. The molecule has 0 N–H and O–H groups in total. The lowest BCUT2D eigenvalue weighted by Crippen LogP contribution is -2.38. The molecule has 1 amide bonds. The molecule has 0 aliphatic carbocycles. The average Bonchev–Trinajstić information content (AvgIpc) is 2.80. The van der Waals surface area contributed by atoms with E-state index in [0.29, 0.717) is 32.4 Å². The minimum atomic E-state index is 0.181. The van der Waals surface area contributed by atoms with E-state index in [0.717, 1.165) is 6.42 Å². The summed E-state index contributed by atoms with van der Waals surface area (Å²) < 4.78 is 0. The number of piperidine rings is 1. The number of likely N-dealkylation sites (tertiary alicyclic amines) is 1. The molecular formula is C12H15NO2S. The Morgan fingerprint density at radius 2 is 2.12 bits per heavy atom. The van der Waals surface area contributed by atoms with Gasteiger partial charge in [-0.2, -0.15) is 0 Å². The first kappa shape index (κ1) is 11.3. The highest BCUT2D eigenvalue weighted by molar-refractivity contribution is 7.09. The molecule has 0 radical (unpaired) electrons. The molecule has 1 saturated heterocycles. The Bertz CT molecular complexity index is 362. The number of carbonyl (C=O) groups excluding carboxylic acids is 2. The zero-order valence-electron chi connectivity index (χ0n) is 9.15. The lowest BCUT2D eigenvalue weighted by Gasteiger charge is -2.25. The summed E-state index contributed by atoms with van der Waals surface area (Å²) >= 11 is 1.69. The van der Waals surface area contributed by atoms with E-state index in [1.54, 1.807) is 11.3 Å². The monoisotopic (exact) mass is 237 g/mol. The van der Waals surface area contributed by atoms with E-state index in [1.807, 2.05) is 16.3 Å². The van der Waals surface area contributed by atoms with E-state index >= 15 is 0 Å². The van der Waals surface area contributed by atoms with Crippen LogP contribution >= 0.6 is 11.3 Å². The summed E-state index contributed by atoms with van der Waals surface area (Å²) in [6, 6.07) is 4.06. The van der Waals surface area contributed by atoms with Crippen LogP contribution in [0.4, 0.5) is 0 Å². The zero-order chi connectivity index (χ0) is 11.4. The largest absolute Gasteiger partial charge is 0.342 e. The summed E-state index contributed by atoms with van der Waals surface area (Å²) in [4.78, 5) is 25.9. The van der Waals surface area contributed by atoms with Crippen LogP contribution in [0.25, 0.3) is 0 Å². The minimum absolute atomic E-state index is 0.181. The Morgan fingerprint density at radius 1 is 1.38 bits per heavy atom. The second-order valence-corrected chi connectivity index (χ2v) is 5.03. The van der Waals surface area contributed by atoms with E-state index < -0.39 is 0 Å². The van der Waals surface area contributed by atoms with Crippen molar-refractivity contribution in [2.24, 2.45) is 0 Å². The number of rotatable bonds is 3. The van der Waals surface area contributed by atoms with Crippen molar-refractivity contribution in [1.29, 1.82) is 0 Å². The summed E-state index contributed by atoms with van der Waals surface area (Å²) in [5, 5.41) is 2.03. The first-order valence-electron chi connectivity index (χ1n) is 5.57. The standard InChI is InChI=1S/C12H15NO2S/c14-10-5-7-13(8-6-10)12(15)4-3-11-2-1-9-16-11/h1-2,9H,3-8H2. The topological polar surface area (TPSA) is 37.4 Å². The van der Waals surface area contributed by atoms with E-state index in [9.17, 15) is 9.59 Å². The molecule has 3 nitrogen and oxygen atoms in total. The molecule has 0 atom stereocenters. The molecule has 1 aromatic heterocycles. The third-order valence-electron chi connectivity index (χ3n) is 2.84. The lowest BCUT2D eigenvalue weighted by atomic mass is 10.1. The van der Waals surface area contributed by atoms with Crippen LogP contribution in [0.1, 0.15) is 24.1 Å². The highest BCUT2D eigenvalue weighted by Gasteiger charge is 2.20. The smallest absolute Gasteiger partial charge is 0.222 e. The van der Waals surface area contributed by atoms with Crippen molar-refractivity contribution in [3.63, 3.8) is 0 Å². The molecule has 1 aromatic rings. The van der Waals surface area contributed by atoms with Crippen LogP contribution < -0.4 is 0 Å². The van der Waals surface area contributed by atoms with Crippen molar-refractivity contribution in [2.75, 3.05) is 13.1 Å². The molecule has 1 aliphatic heterocycles. The fourth-order valence-corrected chi connectivity index (χ4v) is 2.56. The van der Waals surface area contributed by atoms with Gasteiger partial charge in [0.1, 0.15) is 5.78 Å². The maximum absolute atomic E-state index is 11.8. The Balaban J connectivity index is 1.77. The SMILES string of the molecule is O=C1CCN(C(=O)CCc2cccs2)CC1. The van der Waals surface area contributed by atoms with Crippen LogP contribution in [0, 0.1) is 0 Å². The molecule has 1 fully saturated rings. The van der Waals surface area contributed by atoms with Gasteiger partial charge in [-0.1, -0.05) is 6.07 Å². The first-order chi connectivity index (χ1) is 7.75. The Labute approximate surface area is 99.1 Å². The Kier molecular flexibility index (Phi) is 3.72. The number of hydrogen-bond donors (Lipinski definition) is 0. The van der Waals surface area contributed by atoms with Crippen LogP contribution in [-0.2, 0) is 16.0 Å². The summed E-state index contributed by atoms with van der Waals surface area (Å²) in [6.45, 7) is 1.23. The Morgan fingerprint density at radius 3 is 2.75 bits per heavy atom. The first-order valence-corrected chi connectivity index (χ1v) is 6.45. The molecule has 0 saturated carbocycles. The predicted octanol–water partition coefficient (Wildman–Crippen LogP) is 1.87. The van der Waals surface area contributed by atoms with Gasteiger partial charge in [-0.3, -0.25) is 9.59 Å². The number of amides is 1. The van der Waals surface area contributed by atoms with Gasteiger partial charge in [0.2, 0.25) is 5.91 Å². The number of carbonyl (C=O) groups is 2. The van der Waals surface area contributed by atoms with Gasteiger partial charge >= 0.3 is 0 Å². The molecule has 0 aromatic carbocycles. The van der Waals surface area contributed by atoms with Crippen molar-refractivity contribution in [3.05, 3.63) is 22.4 Å². The third-order valence-corrected chi connectivity index (χ3v) is 3.78. The van der Waals surface area contributed by atoms with E-state index in [1.165, 1.54) is 4.88 Å². The maximum Gasteiger partial charge on any atom is 0.222 e. The number of ketones is 1. The van der Waals surface area contributed by atoms with Crippen LogP contribution in [-0.4, -0.2) is 29.7 Å². The van der Waals surface area contributed by atoms with Gasteiger partial charge in [0, 0.05) is 37.2 Å². The number of thiophene rings is 1. The van der Waals surface area contributed by atoms with Crippen molar-refractivity contribution < 1.29 is 9.59 Å². The quantitative estimate of drug-likeness (QED) is 0.805.